The van der Waals surface area contributed by atoms with E-state index in [0.29, 0.717) is 36.0 Å². The highest BCUT2D eigenvalue weighted by atomic mass is 19.1. The molecule has 21 heavy (non-hydrogen) atoms. The second kappa shape index (κ2) is 6.55. The molecule has 2 rings (SSSR count). The van der Waals surface area contributed by atoms with Crippen LogP contribution in [-0.4, -0.2) is 28.2 Å². The van der Waals surface area contributed by atoms with Crippen LogP contribution in [0.15, 0.2) is 12.1 Å². The number of carboxylic acid groups (broad SMARTS) is 1. The van der Waals surface area contributed by atoms with Gasteiger partial charge in [0.15, 0.2) is 0 Å². The lowest BCUT2D eigenvalue weighted by molar-refractivity contribution is -0.139. The molecule has 5 nitrogen and oxygen atoms in total. The van der Waals surface area contributed by atoms with Crippen molar-refractivity contribution in [2.24, 2.45) is 11.7 Å². The van der Waals surface area contributed by atoms with Gasteiger partial charge in [0.05, 0.1) is 5.92 Å². The summed E-state index contributed by atoms with van der Waals surface area (Å²) in [5, 5.41) is 27.2. The van der Waals surface area contributed by atoms with E-state index in [1.807, 2.05) is 0 Å². The van der Waals surface area contributed by atoms with Crippen molar-refractivity contribution in [3.63, 3.8) is 0 Å². The van der Waals surface area contributed by atoms with Crippen molar-refractivity contribution in [2.45, 2.75) is 38.0 Å². The Balaban J connectivity index is 2.21. The third-order valence-corrected chi connectivity index (χ3v) is 4.12. The summed E-state index contributed by atoms with van der Waals surface area (Å²) in [5.41, 5.74) is 7.15. The summed E-state index contributed by atoms with van der Waals surface area (Å²) in [6.45, 7) is 0.0345. The predicted octanol–water partition coefficient (Wildman–Crippen LogP) is 0.878. The molecule has 0 radical (unpaired) electrons. The lowest BCUT2D eigenvalue weighted by Crippen LogP contribution is -2.19. The highest BCUT2D eigenvalue weighted by Gasteiger charge is 2.37. The van der Waals surface area contributed by atoms with E-state index in [2.05, 4.69) is 0 Å². The van der Waals surface area contributed by atoms with Crippen molar-refractivity contribution < 1.29 is 24.3 Å². The first-order valence-electron chi connectivity index (χ1n) is 7.04. The molecule has 7 heteroatoms. The molecule has 0 aromatic heterocycles. The van der Waals surface area contributed by atoms with Crippen molar-refractivity contribution in [2.75, 3.05) is 0 Å². The van der Waals surface area contributed by atoms with E-state index in [1.165, 1.54) is 6.07 Å². The zero-order valence-corrected chi connectivity index (χ0v) is 11.6. The van der Waals surface area contributed by atoms with Gasteiger partial charge in [-0.3, -0.25) is 4.79 Å². The van der Waals surface area contributed by atoms with Crippen LogP contribution in [-0.2, 0) is 17.8 Å². The summed E-state index contributed by atoms with van der Waals surface area (Å²) in [6, 6.07) is 2.94. The van der Waals surface area contributed by atoms with E-state index < -0.39 is 24.8 Å². The number of carbonyl (C=O) groups is 1. The Morgan fingerprint density at radius 3 is 2.71 bits per heavy atom. The van der Waals surface area contributed by atoms with Crippen LogP contribution >= 0.6 is 0 Å². The van der Waals surface area contributed by atoms with Crippen molar-refractivity contribution in [1.82, 2.24) is 0 Å². The summed E-state index contributed by atoms with van der Waals surface area (Å²) < 4.78 is 13.8. The molecular formula is C14H19BFNO4. The Kier molecular flexibility index (Phi) is 4.98. The minimum atomic E-state index is -1.38. The van der Waals surface area contributed by atoms with Crippen LogP contribution in [0.1, 0.15) is 35.4 Å². The number of hydrogen-bond donors (Lipinski definition) is 4. The predicted molar refractivity (Wildman–Crippen MR) is 76.1 cm³/mol. The average Bonchev–Trinajstić information content (AvgIpc) is 2.74. The largest absolute Gasteiger partial charge is 0.481 e. The highest BCUT2D eigenvalue weighted by Crippen LogP contribution is 2.41. The fourth-order valence-electron chi connectivity index (χ4n) is 3.12. The maximum atomic E-state index is 13.8. The molecule has 0 spiro atoms. The Morgan fingerprint density at radius 1 is 1.43 bits per heavy atom. The van der Waals surface area contributed by atoms with Gasteiger partial charge < -0.3 is 20.9 Å². The van der Waals surface area contributed by atoms with Gasteiger partial charge in [-0.1, -0.05) is 12.5 Å². The number of nitrogens with two attached hydrogens (primary N) is 1. The standard InChI is InChI=1S/C14H19BFNO4/c16-12-6-9-4-8(2-1-3-15(20)21)13(14(18)19)11(9)5-10(12)7-17/h5-6,8,13,20-21H,1-4,7,17H2,(H,18,19)/t8-,13-/m0/s1. The van der Waals surface area contributed by atoms with Crippen molar-refractivity contribution in [3.05, 3.63) is 34.6 Å². The molecule has 0 unspecified atom stereocenters. The molecule has 0 saturated carbocycles. The van der Waals surface area contributed by atoms with Gasteiger partial charge in [-0.05, 0) is 42.3 Å². The molecule has 0 aliphatic heterocycles. The third-order valence-electron chi connectivity index (χ3n) is 4.12. The average molecular weight is 295 g/mol. The highest BCUT2D eigenvalue weighted by molar-refractivity contribution is 6.40. The fourth-order valence-corrected chi connectivity index (χ4v) is 3.12. The number of carboxylic acids is 1. The zero-order chi connectivity index (χ0) is 15.6. The number of benzene rings is 1. The molecule has 114 valence electrons. The van der Waals surface area contributed by atoms with Crippen LogP contribution in [0.5, 0.6) is 0 Å². The minimum Gasteiger partial charge on any atom is -0.481 e. The maximum absolute atomic E-state index is 13.8. The first-order valence-corrected chi connectivity index (χ1v) is 7.04. The third kappa shape index (κ3) is 3.43. The number of halogens is 1. The maximum Gasteiger partial charge on any atom is 0.451 e. The molecule has 0 heterocycles. The lowest BCUT2D eigenvalue weighted by Gasteiger charge is -2.16. The van der Waals surface area contributed by atoms with Crippen LogP contribution in [0, 0.1) is 11.7 Å². The van der Waals surface area contributed by atoms with Crippen LogP contribution in [0.3, 0.4) is 0 Å². The fraction of sp³-hybridized carbons (Fsp3) is 0.500. The number of rotatable bonds is 6. The van der Waals surface area contributed by atoms with Crippen LogP contribution in [0.4, 0.5) is 4.39 Å². The van der Waals surface area contributed by atoms with Gasteiger partial charge in [0, 0.05) is 12.1 Å². The Morgan fingerprint density at radius 2 is 2.14 bits per heavy atom. The lowest BCUT2D eigenvalue weighted by atomic mass is 9.80. The van der Waals surface area contributed by atoms with Crippen LogP contribution < -0.4 is 5.73 Å². The molecule has 5 N–H and O–H groups in total. The second-order valence-electron chi connectivity index (χ2n) is 5.54. The first-order chi connectivity index (χ1) is 9.93. The number of fused-ring (bicyclic) bond motifs is 1. The number of aliphatic carboxylic acids is 1. The molecule has 1 aliphatic rings. The van der Waals surface area contributed by atoms with Crippen LogP contribution in [0.2, 0.25) is 6.32 Å². The van der Waals surface area contributed by atoms with Gasteiger partial charge in [0.1, 0.15) is 5.82 Å². The van der Waals surface area contributed by atoms with Crippen LogP contribution in [0.25, 0.3) is 0 Å². The molecular weight excluding hydrogens is 276 g/mol. The minimum absolute atomic E-state index is 0.0345. The molecule has 1 aromatic carbocycles. The van der Waals surface area contributed by atoms with Gasteiger partial charge in [-0.25, -0.2) is 4.39 Å². The van der Waals surface area contributed by atoms with E-state index in [1.54, 1.807) is 6.07 Å². The quantitative estimate of drug-likeness (QED) is 0.583. The summed E-state index contributed by atoms with van der Waals surface area (Å²) in [5.74, 6) is -2.16. The molecule has 0 saturated heterocycles. The van der Waals surface area contributed by atoms with Crippen molar-refractivity contribution in [3.8, 4) is 0 Å². The summed E-state index contributed by atoms with van der Waals surface area (Å²) >= 11 is 0. The van der Waals surface area contributed by atoms with E-state index in [0.717, 1.165) is 0 Å². The smallest absolute Gasteiger partial charge is 0.451 e. The van der Waals surface area contributed by atoms with E-state index >= 15 is 0 Å². The Hall–Kier alpha value is -1.44. The van der Waals surface area contributed by atoms with Gasteiger partial charge >= 0.3 is 13.1 Å². The topological polar surface area (TPSA) is 104 Å². The normalized spacial score (nSPS) is 20.4. The Bertz CT molecular complexity index is 538. The monoisotopic (exact) mass is 295 g/mol. The van der Waals surface area contributed by atoms with Gasteiger partial charge in [-0.15, -0.1) is 0 Å². The number of hydrogen-bond acceptors (Lipinski definition) is 4. The molecule has 0 bridgehead atoms. The second-order valence-corrected chi connectivity index (χ2v) is 5.54. The van der Waals surface area contributed by atoms with Crippen molar-refractivity contribution in [1.29, 1.82) is 0 Å². The van der Waals surface area contributed by atoms with Gasteiger partial charge in [0.25, 0.3) is 0 Å². The SMILES string of the molecule is NCc1cc2c(cc1F)C[C@H](CCCB(O)O)[C@@H]2C(=O)O. The summed E-state index contributed by atoms with van der Waals surface area (Å²) in [7, 11) is -1.38. The molecule has 1 aromatic rings. The van der Waals surface area contributed by atoms with Gasteiger partial charge in [0.2, 0.25) is 0 Å². The van der Waals surface area contributed by atoms with E-state index in [-0.39, 0.29) is 18.8 Å². The molecule has 2 atom stereocenters. The molecule has 0 fully saturated rings. The zero-order valence-electron chi connectivity index (χ0n) is 11.6. The summed E-state index contributed by atoms with van der Waals surface area (Å²) in [6.07, 6.45) is 1.78. The Labute approximate surface area is 122 Å². The van der Waals surface area contributed by atoms with Gasteiger partial charge in [-0.2, -0.15) is 0 Å². The first kappa shape index (κ1) is 15.9. The van der Waals surface area contributed by atoms with Crippen molar-refractivity contribution >= 4 is 13.1 Å². The molecule has 1 aliphatic carbocycles. The molecule has 0 amide bonds. The summed E-state index contributed by atoms with van der Waals surface area (Å²) in [4.78, 5) is 11.5. The van der Waals surface area contributed by atoms with E-state index in [4.69, 9.17) is 15.8 Å². The van der Waals surface area contributed by atoms with E-state index in [9.17, 15) is 14.3 Å².